The molecule has 0 aliphatic carbocycles. The van der Waals surface area contributed by atoms with Crippen LogP contribution in [0.4, 0.5) is 0 Å². The number of nitriles is 1. The van der Waals surface area contributed by atoms with E-state index in [0.717, 1.165) is 5.56 Å². The maximum atomic E-state index is 8.69. The van der Waals surface area contributed by atoms with Crippen LogP contribution in [0.2, 0.25) is 0 Å². The predicted octanol–water partition coefficient (Wildman–Crippen LogP) is 2.90. The van der Waals surface area contributed by atoms with Crippen molar-refractivity contribution < 1.29 is 0 Å². The highest BCUT2D eigenvalue weighted by Crippen LogP contribution is 2.24. The first-order valence-corrected chi connectivity index (χ1v) is 4.97. The summed E-state index contributed by atoms with van der Waals surface area (Å²) in [7, 11) is 0. The van der Waals surface area contributed by atoms with Crippen molar-refractivity contribution >= 4 is 11.8 Å². The fourth-order valence-corrected chi connectivity index (χ4v) is 2.10. The van der Waals surface area contributed by atoms with Crippen LogP contribution in [-0.4, -0.2) is 6.26 Å². The molecule has 12 heavy (non-hydrogen) atoms. The predicted molar refractivity (Wildman–Crippen MR) is 52.4 cm³/mol. The van der Waals surface area contributed by atoms with Gasteiger partial charge in [-0.15, -0.1) is 11.8 Å². The summed E-state index contributed by atoms with van der Waals surface area (Å²) in [6, 6.07) is 6.01. The lowest BCUT2D eigenvalue weighted by molar-refractivity contribution is 1.21. The summed E-state index contributed by atoms with van der Waals surface area (Å²) in [5.41, 5.74) is 3.14. The van der Waals surface area contributed by atoms with Crippen LogP contribution in [0.3, 0.4) is 0 Å². The summed E-state index contributed by atoms with van der Waals surface area (Å²) in [6.07, 6.45) is 2.06. The van der Waals surface area contributed by atoms with Crippen LogP contribution in [-0.2, 0) is 0 Å². The van der Waals surface area contributed by atoms with Gasteiger partial charge in [-0.25, -0.2) is 0 Å². The van der Waals surface area contributed by atoms with Crippen molar-refractivity contribution in [2.24, 2.45) is 0 Å². The first-order chi connectivity index (χ1) is 5.69. The second-order valence-electron chi connectivity index (χ2n) is 2.76. The van der Waals surface area contributed by atoms with Crippen LogP contribution in [0.5, 0.6) is 0 Å². The lowest BCUT2D eigenvalue weighted by atomic mass is 10.1. The van der Waals surface area contributed by atoms with Gasteiger partial charge in [0.2, 0.25) is 0 Å². The molecule has 0 spiro atoms. The first kappa shape index (κ1) is 9.15. The number of rotatable bonds is 1. The third-order valence-corrected chi connectivity index (χ3v) is 2.85. The number of hydrogen-bond donors (Lipinski definition) is 0. The molecule has 0 fully saturated rings. The Morgan fingerprint density at radius 3 is 2.08 bits per heavy atom. The van der Waals surface area contributed by atoms with Crippen LogP contribution in [0.1, 0.15) is 16.7 Å². The van der Waals surface area contributed by atoms with E-state index < -0.39 is 0 Å². The zero-order valence-corrected chi connectivity index (χ0v) is 8.33. The maximum absolute atomic E-state index is 8.69. The van der Waals surface area contributed by atoms with Crippen LogP contribution in [0.15, 0.2) is 17.0 Å². The van der Waals surface area contributed by atoms with E-state index in [2.05, 4.69) is 12.3 Å². The lowest BCUT2D eigenvalue weighted by Crippen LogP contribution is -1.86. The fraction of sp³-hybridized carbons (Fsp3) is 0.300. The Morgan fingerprint density at radius 1 is 1.25 bits per heavy atom. The van der Waals surface area contributed by atoms with E-state index >= 15 is 0 Å². The van der Waals surface area contributed by atoms with E-state index in [1.54, 1.807) is 11.8 Å². The minimum absolute atomic E-state index is 0.753. The van der Waals surface area contributed by atoms with Crippen molar-refractivity contribution in [2.75, 3.05) is 6.26 Å². The van der Waals surface area contributed by atoms with Crippen LogP contribution in [0, 0.1) is 25.2 Å². The molecular formula is C10H11NS. The fourth-order valence-electron chi connectivity index (χ4n) is 1.34. The van der Waals surface area contributed by atoms with Gasteiger partial charge in [-0.2, -0.15) is 5.26 Å². The van der Waals surface area contributed by atoms with Crippen molar-refractivity contribution in [1.82, 2.24) is 0 Å². The standard InChI is InChI=1S/C10H11NS/c1-7-4-9(6-11)5-8(2)10(7)12-3/h4-5H,1-3H3. The van der Waals surface area contributed by atoms with Crippen molar-refractivity contribution in [2.45, 2.75) is 18.7 Å². The number of hydrogen-bond acceptors (Lipinski definition) is 2. The van der Waals surface area contributed by atoms with E-state index in [1.165, 1.54) is 16.0 Å². The van der Waals surface area contributed by atoms with Gasteiger partial charge in [0, 0.05) is 4.90 Å². The van der Waals surface area contributed by atoms with Crippen molar-refractivity contribution in [3.8, 4) is 6.07 Å². The normalized spacial score (nSPS) is 9.50. The van der Waals surface area contributed by atoms with Crippen molar-refractivity contribution in [3.05, 3.63) is 28.8 Å². The topological polar surface area (TPSA) is 23.8 Å². The molecule has 0 aliphatic heterocycles. The molecule has 1 nitrogen and oxygen atoms in total. The molecule has 0 heterocycles. The van der Waals surface area contributed by atoms with Gasteiger partial charge in [-0.05, 0) is 43.4 Å². The molecule has 0 unspecified atom stereocenters. The zero-order valence-electron chi connectivity index (χ0n) is 7.51. The van der Waals surface area contributed by atoms with Gasteiger partial charge in [0.1, 0.15) is 0 Å². The second-order valence-corrected chi connectivity index (χ2v) is 3.57. The van der Waals surface area contributed by atoms with Gasteiger partial charge in [0.25, 0.3) is 0 Å². The molecule has 1 aromatic carbocycles. The molecule has 1 aromatic rings. The highest BCUT2D eigenvalue weighted by atomic mass is 32.2. The van der Waals surface area contributed by atoms with E-state index in [9.17, 15) is 0 Å². The van der Waals surface area contributed by atoms with Gasteiger partial charge in [-0.1, -0.05) is 0 Å². The third kappa shape index (κ3) is 1.62. The average molecular weight is 177 g/mol. The molecule has 0 amide bonds. The van der Waals surface area contributed by atoms with Gasteiger partial charge in [0.15, 0.2) is 0 Å². The highest BCUT2D eigenvalue weighted by molar-refractivity contribution is 7.98. The number of benzene rings is 1. The van der Waals surface area contributed by atoms with Crippen molar-refractivity contribution in [3.63, 3.8) is 0 Å². The lowest BCUT2D eigenvalue weighted by Gasteiger charge is -2.06. The Labute approximate surface area is 77.4 Å². The van der Waals surface area contributed by atoms with Crippen LogP contribution < -0.4 is 0 Å². The van der Waals surface area contributed by atoms with Gasteiger partial charge >= 0.3 is 0 Å². The average Bonchev–Trinajstić information content (AvgIpc) is 2.03. The Hall–Kier alpha value is -0.940. The minimum atomic E-state index is 0.753. The largest absolute Gasteiger partial charge is 0.192 e. The van der Waals surface area contributed by atoms with E-state index in [1.807, 2.05) is 26.0 Å². The van der Waals surface area contributed by atoms with Crippen molar-refractivity contribution in [1.29, 1.82) is 5.26 Å². The molecule has 0 aliphatic rings. The molecule has 0 bridgehead atoms. The van der Waals surface area contributed by atoms with Gasteiger partial charge in [-0.3, -0.25) is 0 Å². The summed E-state index contributed by atoms with van der Waals surface area (Å²) < 4.78 is 0. The van der Waals surface area contributed by atoms with E-state index in [4.69, 9.17) is 5.26 Å². The quantitative estimate of drug-likeness (QED) is 0.616. The monoisotopic (exact) mass is 177 g/mol. The van der Waals surface area contributed by atoms with E-state index in [-0.39, 0.29) is 0 Å². The SMILES string of the molecule is CSc1c(C)cc(C#N)cc1C. The molecule has 0 aromatic heterocycles. The Kier molecular flexibility index (Phi) is 2.78. The second kappa shape index (κ2) is 3.64. The molecule has 1 rings (SSSR count). The molecule has 0 N–H and O–H groups in total. The summed E-state index contributed by atoms with van der Waals surface area (Å²) >= 11 is 1.73. The summed E-state index contributed by atoms with van der Waals surface area (Å²) in [6.45, 7) is 4.08. The molecule has 0 radical (unpaired) electrons. The number of nitrogens with zero attached hydrogens (tertiary/aromatic N) is 1. The van der Waals surface area contributed by atoms with Crippen LogP contribution in [0.25, 0.3) is 0 Å². The van der Waals surface area contributed by atoms with Gasteiger partial charge < -0.3 is 0 Å². The summed E-state index contributed by atoms with van der Waals surface area (Å²) in [4.78, 5) is 1.29. The smallest absolute Gasteiger partial charge is 0.0991 e. The molecular weight excluding hydrogens is 166 g/mol. The highest BCUT2D eigenvalue weighted by Gasteiger charge is 2.02. The summed E-state index contributed by atoms with van der Waals surface area (Å²) in [5.74, 6) is 0. The van der Waals surface area contributed by atoms with Crippen LogP contribution >= 0.6 is 11.8 Å². The molecule has 0 atom stereocenters. The Bertz CT molecular complexity index is 313. The molecule has 0 saturated carbocycles. The molecule has 62 valence electrons. The number of aryl methyl sites for hydroxylation is 2. The summed E-state index contributed by atoms with van der Waals surface area (Å²) in [5, 5.41) is 8.69. The number of thioether (sulfide) groups is 1. The zero-order chi connectivity index (χ0) is 9.14. The maximum Gasteiger partial charge on any atom is 0.0991 e. The Morgan fingerprint density at radius 2 is 1.75 bits per heavy atom. The molecule has 0 saturated heterocycles. The third-order valence-electron chi connectivity index (χ3n) is 1.79. The Balaban J connectivity index is 3.30. The van der Waals surface area contributed by atoms with Gasteiger partial charge in [0.05, 0.1) is 11.6 Å². The first-order valence-electron chi connectivity index (χ1n) is 3.74. The minimum Gasteiger partial charge on any atom is -0.192 e. The van der Waals surface area contributed by atoms with E-state index in [0.29, 0.717) is 0 Å². The molecule has 2 heteroatoms.